The minimum absolute atomic E-state index is 0.223. The molecule has 1 amide bonds. The molecule has 0 spiro atoms. The standard InChI is InChI=1S/C16H15NO4/c1-20-16(19)14-5-3-2-4-12(14)10-21-13-8-6-11(7-9-13)15(17)18/h2-9H,10H2,1H3,(H2,17,18). The van der Waals surface area contributed by atoms with Crippen LogP contribution in [0.25, 0.3) is 0 Å². The van der Waals surface area contributed by atoms with Gasteiger partial charge in [0.2, 0.25) is 5.91 Å². The summed E-state index contributed by atoms with van der Waals surface area (Å²) in [4.78, 5) is 22.6. The van der Waals surface area contributed by atoms with Gasteiger partial charge in [-0.05, 0) is 30.3 Å². The second-order valence-corrected chi connectivity index (χ2v) is 4.33. The van der Waals surface area contributed by atoms with Gasteiger partial charge in [-0.2, -0.15) is 0 Å². The maximum Gasteiger partial charge on any atom is 0.338 e. The van der Waals surface area contributed by atoms with E-state index < -0.39 is 11.9 Å². The van der Waals surface area contributed by atoms with Crippen molar-refractivity contribution in [1.29, 1.82) is 0 Å². The number of hydrogen-bond acceptors (Lipinski definition) is 4. The highest BCUT2D eigenvalue weighted by Gasteiger charge is 2.11. The number of carbonyl (C=O) groups is 2. The number of rotatable bonds is 5. The van der Waals surface area contributed by atoms with Crippen molar-refractivity contribution in [3.8, 4) is 5.75 Å². The molecule has 21 heavy (non-hydrogen) atoms. The Morgan fingerprint density at radius 1 is 1.05 bits per heavy atom. The molecular weight excluding hydrogens is 270 g/mol. The van der Waals surface area contributed by atoms with Crippen molar-refractivity contribution >= 4 is 11.9 Å². The highest BCUT2D eigenvalue weighted by molar-refractivity contribution is 5.92. The molecule has 0 fully saturated rings. The van der Waals surface area contributed by atoms with E-state index in [1.807, 2.05) is 6.07 Å². The lowest BCUT2D eigenvalue weighted by Gasteiger charge is -2.10. The van der Waals surface area contributed by atoms with Crippen LogP contribution in [0.3, 0.4) is 0 Å². The summed E-state index contributed by atoms with van der Waals surface area (Å²) >= 11 is 0. The fourth-order valence-corrected chi connectivity index (χ4v) is 1.83. The fraction of sp³-hybridized carbons (Fsp3) is 0.125. The third-order valence-electron chi connectivity index (χ3n) is 2.96. The van der Waals surface area contributed by atoms with Crippen molar-refractivity contribution in [2.45, 2.75) is 6.61 Å². The second kappa shape index (κ2) is 6.56. The zero-order chi connectivity index (χ0) is 15.2. The summed E-state index contributed by atoms with van der Waals surface area (Å²) in [5.74, 6) is -0.310. The number of methoxy groups -OCH3 is 1. The monoisotopic (exact) mass is 285 g/mol. The number of amides is 1. The van der Waals surface area contributed by atoms with Gasteiger partial charge in [-0.1, -0.05) is 18.2 Å². The molecule has 0 unspecified atom stereocenters. The molecule has 5 nitrogen and oxygen atoms in total. The molecule has 0 radical (unpaired) electrons. The summed E-state index contributed by atoms with van der Waals surface area (Å²) in [6.45, 7) is 0.223. The van der Waals surface area contributed by atoms with E-state index in [2.05, 4.69) is 0 Å². The first-order valence-electron chi connectivity index (χ1n) is 6.30. The smallest absolute Gasteiger partial charge is 0.338 e. The van der Waals surface area contributed by atoms with Crippen LogP contribution in [0.15, 0.2) is 48.5 Å². The third-order valence-corrected chi connectivity index (χ3v) is 2.96. The Hall–Kier alpha value is -2.82. The number of ether oxygens (including phenoxy) is 2. The van der Waals surface area contributed by atoms with Crippen molar-refractivity contribution in [1.82, 2.24) is 0 Å². The van der Waals surface area contributed by atoms with Gasteiger partial charge >= 0.3 is 5.97 Å². The van der Waals surface area contributed by atoms with Crippen LogP contribution >= 0.6 is 0 Å². The van der Waals surface area contributed by atoms with Crippen molar-refractivity contribution in [3.63, 3.8) is 0 Å². The van der Waals surface area contributed by atoms with Gasteiger partial charge in [-0.25, -0.2) is 4.79 Å². The molecule has 0 aliphatic rings. The Morgan fingerprint density at radius 3 is 2.33 bits per heavy atom. The molecule has 2 aromatic carbocycles. The highest BCUT2D eigenvalue weighted by atomic mass is 16.5. The second-order valence-electron chi connectivity index (χ2n) is 4.33. The topological polar surface area (TPSA) is 78.6 Å². The van der Waals surface area contributed by atoms with Gasteiger partial charge < -0.3 is 15.2 Å². The van der Waals surface area contributed by atoms with Crippen LogP contribution in [0, 0.1) is 0 Å². The molecule has 0 aliphatic heterocycles. The molecule has 108 valence electrons. The number of primary amides is 1. The van der Waals surface area contributed by atoms with E-state index in [0.29, 0.717) is 16.9 Å². The van der Waals surface area contributed by atoms with Crippen molar-refractivity contribution < 1.29 is 19.1 Å². The van der Waals surface area contributed by atoms with Gasteiger partial charge in [0.15, 0.2) is 0 Å². The largest absolute Gasteiger partial charge is 0.489 e. The molecule has 2 aromatic rings. The third kappa shape index (κ3) is 3.60. The van der Waals surface area contributed by atoms with E-state index >= 15 is 0 Å². The lowest BCUT2D eigenvalue weighted by Crippen LogP contribution is -2.10. The Balaban J connectivity index is 2.09. The van der Waals surface area contributed by atoms with Gasteiger partial charge in [0.05, 0.1) is 12.7 Å². The molecule has 0 aromatic heterocycles. The lowest BCUT2D eigenvalue weighted by molar-refractivity contribution is 0.0597. The molecule has 0 heterocycles. The maximum absolute atomic E-state index is 11.6. The van der Waals surface area contributed by atoms with E-state index in [1.165, 1.54) is 7.11 Å². The Morgan fingerprint density at radius 2 is 1.71 bits per heavy atom. The lowest BCUT2D eigenvalue weighted by atomic mass is 10.1. The molecular formula is C16H15NO4. The van der Waals surface area contributed by atoms with Crippen LogP contribution in [0.1, 0.15) is 26.3 Å². The molecule has 2 rings (SSSR count). The van der Waals surface area contributed by atoms with Gasteiger partial charge in [0, 0.05) is 11.1 Å². The SMILES string of the molecule is COC(=O)c1ccccc1COc1ccc(C(N)=O)cc1. The van der Waals surface area contributed by atoms with E-state index in [9.17, 15) is 9.59 Å². The summed E-state index contributed by atoms with van der Waals surface area (Å²) in [5, 5.41) is 0. The number of nitrogens with two attached hydrogens (primary N) is 1. The summed E-state index contributed by atoms with van der Waals surface area (Å²) in [6.07, 6.45) is 0. The number of carbonyl (C=O) groups excluding carboxylic acids is 2. The van der Waals surface area contributed by atoms with Gasteiger partial charge in [-0.3, -0.25) is 4.79 Å². The summed E-state index contributed by atoms with van der Waals surface area (Å²) < 4.78 is 10.3. The van der Waals surface area contributed by atoms with Gasteiger partial charge in [0.1, 0.15) is 12.4 Å². The molecule has 0 atom stereocenters. The fourth-order valence-electron chi connectivity index (χ4n) is 1.83. The van der Waals surface area contributed by atoms with Crippen LogP contribution < -0.4 is 10.5 Å². The average Bonchev–Trinajstić information content (AvgIpc) is 2.52. The van der Waals surface area contributed by atoms with Gasteiger partial charge in [0.25, 0.3) is 0 Å². The van der Waals surface area contributed by atoms with E-state index in [1.54, 1.807) is 42.5 Å². The summed E-state index contributed by atoms with van der Waals surface area (Å²) in [6, 6.07) is 13.5. The molecule has 0 saturated heterocycles. The maximum atomic E-state index is 11.6. The van der Waals surface area contributed by atoms with Crippen LogP contribution in [0.2, 0.25) is 0 Å². The summed E-state index contributed by atoms with van der Waals surface area (Å²) in [7, 11) is 1.34. The molecule has 0 saturated carbocycles. The first kappa shape index (κ1) is 14.6. The molecule has 5 heteroatoms. The van der Waals surface area contributed by atoms with E-state index in [0.717, 1.165) is 5.56 Å². The van der Waals surface area contributed by atoms with Crippen molar-refractivity contribution in [2.75, 3.05) is 7.11 Å². The molecule has 0 aliphatic carbocycles. The van der Waals surface area contributed by atoms with Crippen LogP contribution in [-0.2, 0) is 11.3 Å². The zero-order valence-corrected chi connectivity index (χ0v) is 11.5. The first-order chi connectivity index (χ1) is 10.1. The molecule has 2 N–H and O–H groups in total. The normalized spacial score (nSPS) is 9.95. The number of hydrogen-bond donors (Lipinski definition) is 1. The minimum Gasteiger partial charge on any atom is -0.489 e. The number of benzene rings is 2. The van der Waals surface area contributed by atoms with E-state index in [4.69, 9.17) is 15.2 Å². The minimum atomic E-state index is -0.488. The molecule has 0 bridgehead atoms. The van der Waals surface area contributed by atoms with Gasteiger partial charge in [-0.15, -0.1) is 0 Å². The van der Waals surface area contributed by atoms with Crippen LogP contribution in [-0.4, -0.2) is 19.0 Å². The first-order valence-corrected chi connectivity index (χ1v) is 6.30. The quantitative estimate of drug-likeness (QED) is 0.854. The Bertz CT molecular complexity index is 650. The van der Waals surface area contributed by atoms with Crippen molar-refractivity contribution in [3.05, 3.63) is 65.2 Å². The highest BCUT2D eigenvalue weighted by Crippen LogP contribution is 2.16. The Labute approximate surface area is 122 Å². The van der Waals surface area contributed by atoms with Crippen molar-refractivity contribution in [2.24, 2.45) is 5.73 Å². The van der Waals surface area contributed by atoms with Crippen LogP contribution in [0.4, 0.5) is 0 Å². The average molecular weight is 285 g/mol. The Kier molecular flexibility index (Phi) is 4.56. The predicted molar refractivity (Wildman–Crippen MR) is 77.1 cm³/mol. The number of esters is 1. The van der Waals surface area contributed by atoms with Crippen LogP contribution in [0.5, 0.6) is 5.75 Å². The predicted octanol–water partition coefficient (Wildman–Crippen LogP) is 2.15. The zero-order valence-electron chi connectivity index (χ0n) is 11.5. The summed E-state index contributed by atoms with van der Waals surface area (Å²) in [5.41, 5.74) is 6.77. The van der Waals surface area contributed by atoms with E-state index in [-0.39, 0.29) is 6.61 Å².